The Morgan fingerprint density at radius 2 is 2.31 bits per heavy atom. The summed E-state index contributed by atoms with van der Waals surface area (Å²) in [6, 6.07) is 7.79. The fourth-order valence-corrected chi connectivity index (χ4v) is 1.55. The number of benzene rings is 1. The molecule has 0 fully saturated rings. The fraction of sp³-hybridized carbons (Fsp3) is 0.273. The molecule has 84 valence electrons. The Morgan fingerprint density at radius 3 is 3.06 bits per heavy atom. The molecule has 5 heteroatoms. The van der Waals surface area contributed by atoms with Gasteiger partial charge in [-0.05, 0) is 12.1 Å². The Labute approximate surface area is 93.8 Å². The molecular formula is C11H14N4O. The van der Waals surface area contributed by atoms with Crippen molar-refractivity contribution in [3.8, 4) is 17.0 Å². The second-order valence-corrected chi connectivity index (χ2v) is 3.36. The molecule has 0 aliphatic heterocycles. The van der Waals surface area contributed by atoms with Gasteiger partial charge in [-0.15, -0.1) is 5.10 Å². The van der Waals surface area contributed by atoms with E-state index in [4.69, 9.17) is 10.5 Å². The average Bonchev–Trinajstić information content (AvgIpc) is 2.78. The average molecular weight is 218 g/mol. The molecule has 0 aliphatic rings. The van der Waals surface area contributed by atoms with Gasteiger partial charge in [0.1, 0.15) is 5.75 Å². The molecule has 2 rings (SSSR count). The number of nitrogens with zero attached hydrogens (tertiary/aromatic N) is 3. The maximum Gasteiger partial charge on any atom is 0.119 e. The van der Waals surface area contributed by atoms with Crippen molar-refractivity contribution < 1.29 is 4.74 Å². The van der Waals surface area contributed by atoms with E-state index in [1.54, 1.807) is 18.0 Å². The van der Waals surface area contributed by atoms with Crippen LogP contribution in [0.3, 0.4) is 0 Å². The van der Waals surface area contributed by atoms with E-state index in [1.807, 2.05) is 24.3 Å². The summed E-state index contributed by atoms with van der Waals surface area (Å²) in [5.74, 6) is 0.818. The quantitative estimate of drug-likeness (QED) is 0.828. The minimum atomic E-state index is 0.542. The van der Waals surface area contributed by atoms with Gasteiger partial charge in [-0.2, -0.15) is 0 Å². The van der Waals surface area contributed by atoms with Crippen LogP contribution in [0.5, 0.6) is 5.75 Å². The summed E-state index contributed by atoms with van der Waals surface area (Å²) in [6.07, 6.45) is 1.73. The normalized spacial score (nSPS) is 10.4. The maximum absolute atomic E-state index is 5.51. The molecule has 0 unspecified atom stereocenters. The van der Waals surface area contributed by atoms with E-state index in [-0.39, 0.29) is 0 Å². The van der Waals surface area contributed by atoms with Gasteiger partial charge < -0.3 is 10.5 Å². The number of ether oxygens (including phenoxy) is 1. The van der Waals surface area contributed by atoms with Crippen molar-refractivity contribution in [1.82, 2.24) is 15.0 Å². The van der Waals surface area contributed by atoms with Crippen molar-refractivity contribution >= 4 is 0 Å². The topological polar surface area (TPSA) is 66.0 Å². The standard InChI is InChI=1S/C11H14N4O/c1-16-10-4-2-3-9(7-10)11-8-13-14-15(11)6-5-12/h2-4,7-8H,5-6,12H2,1H3. The number of nitrogens with two attached hydrogens (primary N) is 1. The highest BCUT2D eigenvalue weighted by atomic mass is 16.5. The zero-order valence-electron chi connectivity index (χ0n) is 9.13. The van der Waals surface area contributed by atoms with Gasteiger partial charge in [-0.1, -0.05) is 17.3 Å². The van der Waals surface area contributed by atoms with Gasteiger partial charge >= 0.3 is 0 Å². The second-order valence-electron chi connectivity index (χ2n) is 3.36. The van der Waals surface area contributed by atoms with E-state index >= 15 is 0 Å². The molecule has 1 aromatic carbocycles. The molecule has 2 aromatic rings. The van der Waals surface area contributed by atoms with Crippen molar-refractivity contribution in [2.75, 3.05) is 13.7 Å². The van der Waals surface area contributed by atoms with Crippen LogP contribution < -0.4 is 10.5 Å². The Morgan fingerprint density at radius 1 is 1.44 bits per heavy atom. The highest BCUT2D eigenvalue weighted by molar-refractivity contribution is 5.60. The summed E-state index contributed by atoms with van der Waals surface area (Å²) in [7, 11) is 1.65. The zero-order chi connectivity index (χ0) is 11.4. The van der Waals surface area contributed by atoms with Crippen LogP contribution in [0, 0.1) is 0 Å². The van der Waals surface area contributed by atoms with Crippen LogP contribution in [0.2, 0.25) is 0 Å². The third-order valence-corrected chi connectivity index (χ3v) is 2.32. The lowest BCUT2D eigenvalue weighted by molar-refractivity contribution is 0.415. The molecule has 1 heterocycles. The molecule has 16 heavy (non-hydrogen) atoms. The summed E-state index contributed by atoms with van der Waals surface area (Å²) in [4.78, 5) is 0. The van der Waals surface area contributed by atoms with E-state index in [9.17, 15) is 0 Å². The van der Waals surface area contributed by atoms with Gasteiger partial charge in [0.25, 0.3) is 0 Å². The highest BCUT2D eigenvalue weighted by Gasteiger charge is 2.06. The smallest absolute Gasteiger partial charge is 0.119 e. The largest absolute Gasteiger partial charge is 0.497 e. The Kier molecular flexibility index (Phi) is 3.16. The van der Waals surface area contributed by atoms with Crippen LogP contribution in [-0.2, 0) is 6.54 Å². The minimum absolute atomic E-state index is 0.542. The van der Waals surface area contributed by atoms with E-state index in [0.717, 1.165) is 17.0 Å². The van der Waals surface area contributed by atoms with Crippen molar-refractivity contribution in [1.29, 1.82) is 0 Å². The molecule has 0 bridgehead atoms. The van der Waals surface area contributed by atoms with Crippen molar-refractivity contribution in [3.05, 3.63) is 30.5 Å². The highest BCUT2D eigenvalue weighted by Crippen LogP contribution is 2.22. The molecule has 0 amide bonds. The van der Waals surface area contributed by atoms with Gasteiger partial charge in [0.05, 0.1) is 25.5 Å². The van der Waals surface area contributed by atoms with Crippen LogP contribution in [-0.4, -0.2) is 28.6 Å². The third-order valence-electron chi connectivity index (χ3n) is 2.32. The third kappa shape index (κ3) is 2.04. The first kappa shape index (κ1) is 10.6. The van der Waals surface area contributed by atoms with Crippen LogP contribution in [0.25, 0.3) is 11.3 Å². The summed E-state index contributed by atoms with van der Waals surface area (Å²) >= 11 is 0. The number of hydrogen-bond acceptors (Lipinski definition) is 4. The van der Waals surface area contributed by atoms with E-state index in [1.165, 1.54) is 0 Å². The molecule has 0 radical (unpaired) electrons. The van der Waals surface area contributed by atoms with Gasteiger partial charge in [0.2, 0.25) is 0 Å². The maximum atomic E-state index is 5.51. The predicted molar refractivity (Wildman–Crippen MR) is 61.1 cm³/mol. The number of rotatable bonds is 4. The molecule has 0 saturated carbocycles. The van der Waals surface area contributed by atoms with Gasteiger partial charge in [-0.25, -0.2) is 4.68 Å². The van der Waals surface area contributed by atoms with Crippen LogP contribution in [0.15, 0.2) is 30.5 Å². The van der Waals surface area contributed by atoms with Gasteiger partial charge in [0.15, 0.2) is 0 Å². The summed E-state index contributed by atoms with van der Waals surface area (Å²) in [5, 5.41) is 7.87. The van der Waals surface area contributed by atoms with Crippen molar-refractivity contribution in [3.63, 3.8) is 0 Å². The lowest BCUT2D eigenvalue weighted by Gasteiger charge is -2.06. The first-order valence-corrected chi connectivity index (χ1v) is 5.08. The monoisotopic (exact) mass is 218 g/mol. The Hall–Kier alpha value is -1.88. The summed E-state index contributed by atoms with van der Waals surface area (Å²) < 4.78 is 6.96. The summed E-state index contributed by atoms with van der Waals surface area (Å²) in [5.41, 5.74) is 7.48. The van der Waals surface area contributed by atoms with Gasteiger partial charge in [0, 0.05) is 12.1 Å². The molecule has 0 aliphatic carbocycles. The van der Waals surface area contributed by atoms with Crippen LogP contribution in [0.1, 0.15) is 0 Å². The van der Waals surface area contributed by atoms with E-state index < -0.39 is 0 Å². The molecule has 0 saturated heterocycles. The number of aromatic nitrogens is 3. The SMILES string of the molecule is COc1cccc(-c2cnnn2CCN)c1. The first-order chi connectivity index (χ1) is 7.85. The molecule has 0 spiro atoms. The molecule has 2 N–H and O–H groups in total. The number of methoxy groups -OCH3 is 1. The molecule has 0 atom stereocenters. The minimum Gasteiger partial charge on any atom is -0.497 e. The van der Waals surface area contributed by atoms with Gasteiger partial charge in [-0.3, -0.25) is 0 Å². The summed E-state index contributed by atoms with van der Waals surface area (Å²) in [6.45, 7) is 1.20. The predicted octanol–water partition coefficient (Wildman–Crippen LogP) is 0.912. The zero-order valence-corrected chi connectivity index (χ0v) is 9.13. The Bertz CT molecular complexity index is 467. The number of hydrogen-bond donors (Lipinski definition) is 1. The Balaban J connectivity index is 2.37. The molecular weight excluding hydrogens is 204 g/mol. The van der Waals surface area contributed by atoms with Crippen molar-refractivity contribution in [2.45, 2.75) is 6.54 Å². The van der Waals surface area contributed by atoms with E-state index in [0.29, 0.717) is 13.1 Å². The van der Waals surface area contributed by atoms with Crippen molar-refractivity contribution in [2.24, 2.45) is 5.73 Å². The first-order valence-electron chi connectivity index (χ1n) is 5.08. The van der Waals surface area contributed by atoms with Crippen LogP contribution >= 0.6 is 0 Å². The second kappa shape index (κ2) is 4.76. The molecule has 5 nitrogen and oxygen atoms in total. The van der Waals surface area contributed by atoms with E-state index in [2.05, 4.69) is 10.3 Å². The fourth-order valence-electron chi connectivity index (χ4n) is 1.55. The van der Waals surface area contributed by atoms with Crippen LogP contribution in [0.4, 0.5) is 0 Å². The lowest BCUT2D eigenvalue weighted by atomic mass is 10.1. The molecule has 1 aromatic heterocycles. The lowest BCUT2D eigenvalue weighted by Crippen LogP contribution is -2.12.